The van der Waals surface area contributed by atoms with Crippen molar-refractivity contribution >= 4 is 45.7 Å². The molecular weight excluding hydrogens is 285 g/mol. The summed E-state index contributed by atoms with van der Waals surface area (Å²) in [5.41, 5.74) is 0. The predicted octanol–water partition coefficient (Wildman–Crippen LogP) is -2.18. The van der Waals surface area contributed by atoms with Crippen LogP contribution in [0.1, 0.15) is 0 Å². The molecular formula is C9H14N3NaO5S. The monoisotopic (exact) mass is 299 g/mol. The van der Waals surface area contributed by atoms with Crippen LogP contribution in [0.3, 0.4) is 0 Å². The van der Waals surface area contributed by atoms with E-state index in [1.54, 1.807) is 0 Å². The molecule has 0 saturated carbocycles. The van der Waals surface area contributed by atoms with Crippen molar-refractivity contribution in [2.45, 2.75) is 6.10 Å². The maximum atomic E-state index is 12.1. The number of carbonyl (C=O) groups is 1. The number of morpholine rings is 1. The first-order valence-corrected chi connectivity index (χ1v) is 6.84. The third kappa shape index (κ3) is 3.46. The summed E-state index contributed by atoms with van der Waals surface area (Å²) in [5, 5.41) is 17.4. The third-order valence-corrected chi connectivity index (χ3v) is 4.92. The van der Waals surface area contributed by atoms with Crippen molar-refractivity contribution < 1.29 is 23.1 Å². The summed E-state index contributed by atoms with van der Waals surface area (Å²) < 4.78 is 31.4. The number of carboxylic acids is 1. The minimum atomic E-state index is -3.66. The van der Waals surface area contributed by atoms with Gasteiger partial charge < -0.3 is 9.84 Å². The van der Waals surface area contributed by atoms with Gasteiger partial charge in [-0.05, 0) is 0 Å². The van der Waals surface area contributed by atoms with Crippen LogP contribution in [-0.2, 0) is 19.7 Å². The Morgan fingerprint density at radius 2 is 1.95 bits per heavy atom. The van der Waals surface area contributed by atoms with E-state index in [0.717, 1.165) is 4.31 Å². The fraction of sp³-hybridized carbons (Fsp3) is 0.778. The number of hydrogen-bond donors (Lipinski definition) is 1. The molecule has 0 aromatic carbocycles. The molecule has 0 radical (unpaired) electrons. The zero-order valence-corrected chi connectivity index (χ0v) is 10.3. The molecule has 0 bridgehead atoms. The molecule has 0 amide bonds. The second kappa shape index (κ2) is 6.49. The average molecular weight is 299 g/mol. The molecule has 0 aliphatic carbocycles. The number of nitrogens with zero attached hydrogens (tertiary/aromatic N) is 3. The Labute approximate surface area is 133 Å². The molecule has 102 valence electrons. The van der Waals surface area contributed by atoms with Crippen molar-refractivity contribution in [1.29, 1.82) is 5.26 Å². The number of ether oxygens (including phenoxy) is 1. The Balaban J connectivity index is 0.00000180. The number of hydrogen-bond acceptors (Lipinski definition) is 5. The van der Waals surface area contributed by atoms with Crippen LogP contribution in [0.15, 0.2) is 0 Å². The fourth-order valence-corrected chi connectivity index (χ4v) is 3.55. The van der Waals surface area contributed by atoms with Crippen LogP contribution in [-0.4, -0.2) is 96.6 Å². The van der Waals surface area contributed by atoms with Crippen LogP contribution in [0.5, 0.6) is 0 Å². The molecule has 2 aliphatic rings. The first kappa shape index (κ1) is 16.8. The molecule has 2 fully saturated rings. The summed E-state index contributed by atoms with van der Waals surface area (Å²) in [6.45, 7) is 0.360. The van der Waals surface area contributed by atoms with E-state index in [2.05, 4.69) is 0 Å². The van der Waals surface area contributed by atoms with Crippen LogP contribution in [0.2, 0.25) is 0 Å². The number of carboxylic acid groups (broad SMARTS) is 1. The fourth-order valence-electron chi connectivity index (χ4n) is 1.86. The standard InChI is InChI=1S/C9H13N3O5S.Na.H/c10-3-7-4-12(5-7)18(15,16)11-1-2-17-8(6-11)9(13)14;;/h7-8H,1-2,4-6H2,(H,13,14);;/t8-;;/m0../s1. The van der Waals surface area contributed by atoms with Crippen molar-refractivity contribution in [2.75, 3.05) is 32.8 Å². The van der Waals surface area contributed by atoms with E-state index in [1.807, 2.05) is 6.07 Å². The van der Waals surface area contributed by atoms with Gasteiger partial charge in [0.05, 0.1) is 25.1 Å². The van der Waals surface area contributed by atoms with Gasteiger partial charge in [-0.25, -0.2) is 4.79 Å². The molecule has 2 saturated heterocycles. The van der Waals surface area contributed by atoms with Gasteiger partial charge in [0.1, 0.15) is 0 Å². The molecule has 0 aromatic rings. The average Bonchev–Trinajstić information content (AvgIpc) is 2.27. The Morgan fingerprint density at radius 3 is 2.47 bits per heavy atom. The van der Waals surface area contributed by atoms with E-state index in [4.69, 9.17) is 15.1 Å². The summed E-state index contributed by atoms with van der Waals surface area (Å²) in [6, 6.07) is 1.99. The summed E-state index contributed by atoms with van der Waals surface area (Å²) in [6.07, 6.45) is -1.12. The normalized spacial score (nSPS) is 25.9. The molecule has 10 heteroatoms. The Hall–Kier alpha value is -0.210. The van der Waals surface area contributed by atoms with E-state index in [1.165, 1.54) is 4.31 Å². The topological polar surface area (TPSA) is 111 Å². The van der Waals surface area contributed by atoms with Gasteiger partial charge in [0.25, 0.3) is 10.2 Å². The molecule has 0 aromatic heterocycles. The molecule has 2 heterocycles. The Kier molecular flexibility index (Phi) is 5.76. The van der Waals surface area contributed by atoms with Gasteiger partial charge in [0.2, 0.25) is 0 Å². The maximum absolute atomic E-state index is 12.1. The van der Waals surface area contributed by atoms with Crippen LogP contribution in [0.25, 0.3) is 0 Å². The van der Waals surface area contributed by atoms with Gasteiger partial charge in [-0.2, -0.15) is 22.3 Å². The van der Waals surface area contributed by atoms with E-state index in [9.17, 15) is 13.2 Å². The van der Waals surface area contributed by atoms with Crippen LogP contribution in [0.4, 0.5) is 0 Å². The zero-order valence-electron chi connectivity index (χ0n) is 9.52. The SMILES string of the molecule is N#CC1CN(S(=O)(=O)N2CCO[C@H](C(=O)O)C2)C1.[NaH]. The summed E-state index contributed by atoms with van der Waals surface area (Å²) >= 11 is 0. The second-order valence-electron chi connectivity index (χ2n) is 4.21. The molecule has 0 unspecified atom stereocenters. The number of rotatable bonds is 3. The third-order valence-electron chi connectivity index (χ3n) is 2.99. The zero-order chi connectivity index (χ0) is 13.3. The molecule has 2 rings (SSSR count). The van der Waals surface area contributed by atoms with E-state index in [0.29, 0.717) is 0 Å². The van der Waals surface area contributed by atoms with Gasteiger partial charge in [0.15, 0.2) is 6.10 Å². The van der Waals surface area contributed by atoms with Gasteiger partial charge in [-0.3, -0.25) is 0 Å². The Morgan fingerprint density at radius 1 is 1.32 bits per heavy atom. The first-order valence-electron chi connectivity index (χ1n) is 5.44. The van der Waals surface area contributed by atoms with Crippen LogP contribution in [0, 0.1) is 17.2 Å². The molecule has 2 aliphatic heterocycles. The van der Waals surface area contributed by atoms with Crippen LogP contribution < -0.4 is 0 Å². The molecule has 19 heavy (non-hydrogen) atoms. The Bertz CT molecular complexity index is 485. The van der Waals surface area contributed by atoms with Crippen molar-refractivity contribution in [2.24, 2.45) is 5.92 Å². The van der Waals surface area contributed by atoms with E-state index >= 15 is 0 Å². The molecule has 1 N–H and O–H groups in total. The first-order chi connectivity index (χ1) is 8.45. The molecule has 8 nitrogen and oxygen atoms in total. The van der Waals surface area contributed by atoms with Gasteiger partial charge in [-0.15, -0.1) is 0 Å². The van der Waals surface area contributed by atoms with Gasteiger partial charge >= 0.3 is 35.5 Å². The number of aliphatic carboxylic acids is 1. The van der Waals surface area contributed by atoms with Crippen molar-refractivity contribution in [1.82, 2.24) is 8.61 Å². The summed E-state index contributed by atoms with van der Waals surface area (Å²) in [5.74, 6) is -1.44. The molecule has 1 atom stereocenters. The van der Waals surface area contributed by atoms with Gasteiger partial charge in [-0.1, -0.05) is 0 Å². The van der Waals surface area contributed by atoms with E-state index < -0.39 is 22.3 Å². The number of nitriles is 1. The summed E-state index contributed by atoms with van der Waals surface area (Å²) in [4.78, 5) is 10.8. The van der Waals surface area contributed by atoms with Crippen molar-refractivity contribution in [3.05, 3.63) is 0 Å². The predicted molar refractivity (Wildman–Crippen MR) is 65.7 cm³/mol. The summed E-state index contributed by atoms with van der Waals surface area (Å²) in [7, 11) is -3.66. The molecule has 0 spiro atoms. The minimum absolute atomic E-state index is 0. The van der Waals surface area contributed by atoms with Crippen molar-refractivity contribution in [3.8, 4) is 6.07 Å². The van der Waals surface area contributed by atoms with Crippen LogP contribution >= 0.6 is 0 Å². The van der Waals surface area contributed by atoms with E-state index in [-0.39, 0.29) is 68.3 Å². The van der Waals surface area contributed by atoms with Gasteiger partial charge in [0, 0.05) is 19.6 Å². The quantitative estimate of drug-likeness (QED) is 0.593. The van der Waals surface area contributed by atoms with Crippen molar-refractivity contribution in [3.63, 3.8) is 0 Å². The second-order valence-corrected chi connectivity index (χ2v) is 6.13.